The van der Waals surface area contributed by atoms with Gasteiger partial charge in [0.1, 0.15) is 5.82 Å². The van der Waals surface area contributed by atoms with Gasteiger partial charge in [-0.25, -0.2) is 9.97 Å². The lowest BCUT2D eigenvalue weighted by molar-refractivity contribution is 1.03. The molecule has 3 nitrogen and oxygen atoms in total. The Morgan fingerprint density at radius 2 is 1.50 bits per heavy atom. The molecule has 0 aliphatic rings. The van der Waals surface area contributed by atoms with Crippen LogP contribution in [-0.4, -0.2) is 14.5 Å². The van der Waals surface area contributed by atoms with Gasteiger partial charge in [-0.1, -0.05) is 79.9 Å². The van der Waals surface area contributed by atoms with Crippen molar-refractivity contribution in [2.24, 2.45) is 0 Å². The smallest absolute Gasteiger partial charge is 0.162 e. The minimum Gasteiger partial charge on any atom is -0.293 e. The van der Waals surface area contributed by atoms with Gasteiger partial charge in [-0.3, -0.25) is 4.57 Å². The Hall–Kier alpha value is -3.98. The number of para-hydroxylation sites is 1. The highest BCUT2D eigenvalue weighted by atomic mass is 15.1. The molecule has 5 rings (SSSR count). The number of aryl methyl sites for hydroxylation is 1. The summed E-state index contributed by atoms with van der Waals surface area (Å²) in [5.41, 5.74) is 6.03. The zero-order valence-electron chi connectivity index (χ0n) is 16.8. The molecule has 0 aliphatic heterocycles. The van der Waals surface area contributed by atoms with Crippen molar-refractivity contribution in [1.29, 1.82) is 0 Å². The highest BCUT2D eigenvalue weighted by Gasteiger charge is 2.18. The third-order valence-electron chi connectivity index (χ3n) is 5.43. The van der Waals surface area contributed by atoms with E-state index in [0.29, 0.717) is 5.82 Å². The van der Waals surface area contributed by atoms with Crippen LogP contribution in [0.2, 0.25) is 0 Å². The summed E-state index contributed by atoms with van der Waals surface area (Å²) >= 11 is 0. The number of rotatable bonds is 4. The molecule has 3 aromatic carbocycles. The fraction of sp³-hybridized carbons (Fsp3) is 0.0370. The molecule has 30 heavy (non-hydrogen) atoms. The average Bonchev–Trinajstić information content (AvgIpc) is 3.11. The lowest BCUT2D eigenvalue weighted by Gasteiger charge is -2.14. The van der Waals surface area contributed by atoms with E-state index >= 15 is 0 Å². The first-order valence-electron chi connectivity index (χ1n) is 9.94. The van der Waals surface area contributed by atoms with Crippen LogP contribution >= 0.6 is 0 Å². The molecule has 3 heteroatoms. The van der Waals surface area contributed by atoms with Crippen LogP contribution in [0.3, 0.4) is 0 Å². The highest BCUT2D eigenvalue weighted by Crippen LogP contribution is 2.34. The van der Waals surface area contributed by atoms with Crippen LogP contribution in [0, 0.1) is 6.92 Å². The van der Waals surface area contributed by atoms with E-state index in [4.69, 9.17) is 9.97 Å². The second-order valence-electron chi connectivity index (χ2n) is 7.32. The van der Waals surface area contributed by atoms with Crippen LogP contribution in [0.25, 0.3) is 51.2 Å². The van der Waals surface area contributed by atoms with Gasteiger partial charge in [0.2, 0.25) is 0 Å². The van der Waals surface area contributed by atoms with Gasteiger partial charge in [-0.2, -0.15) is 0 Å². The Balaban J connectivity index is 1.95. The summed E-state index contributed by atoms with van der Waals surface area (Å²) in [5, 5.41) is 2.40. The maximum atomic E-state index is 5.03. The van der Waals surface area contributed by atoms with Crippen LogP contribution in [0.15, 0.2) is 86.0 Å². The van der Waals surface area contributed by atoms with Gasteiger partial charge in [0.25, 0.3) is 0 Å². The minimum atomic E-state index is 0.671. The summed E-state index contributed by atoms with van der Waals surface area (Å²) < 4.78 is 2.22. The van der Waals surface area contributed by atoms with Crippen LogP contribution in [-0.2, 0) is 0 Å². The molecule has 0 atom stereocenters. The van der Waals surface area contributed by atoms with E-state index in [1.54, 1.807) is 6.08 Å². The second kappa shape index (κ2) is 7.12. The molecule has 0 saturated carbocycles. The van der Waals surface area contributed by atoms with Crippen molar-refractivity contribution in [3.8, 4) is 17.2 Å². The van der Waals surface area contributed by atoms with Crippen molar-refractivity contribution < 1.29 is 0 Å². The van der Waals surface area contributed by atoms with E-state index in [9.17, 15) is 0 Å². The summed E-state index contributed by atoms with van der Waals surface area (Å²) in [7, 11) is 0. The molecule has 0 N–H and O–H groups in total. The van der Waals surface area contributed by atoms with E-state index in [0.717, 1.165) is 33.7 Å². The molecule has 144 valence electrons. The first kappa shape index (κ1) is 18.1. The Labute approximate surface area is 175 Å². The normalized spacial score (nSPS) is 11.1. The number of nitrogens with zero attached hydrogens (tertiary/aromatic N) is 3. The predicted molar refractivity (Wildman–Crippen MR) is 127 cm³/mol. The Morgan fingerprint density at radius 3 is 2.27 bits per heavy atom. The topological polar surface area (TPSA) is 30.7 Å². The monoisotopic (exact) mass is 387 g/mol. The largest absolute Gasteiger partial charge is 0.293 e. The van der Waals surface area contributed by atoms with Gasteiger partial charge in [0.15, 0.2) is 5.82 Å². The fourth-order valence-corrected chi connectivity index (χ4v) is 4.02. The third kappa shape index (κ3) is 2.75. The molecule has 0 amide bonds. The molecule has 0 saturated heterocycles. The Morgan fingerprint density at radius 1 is 0.767 bits per heavy atom. The zero-order valence-corrected chi connectivity index (χ0v) is 16.8. The van der Waals surface area contributed by atoms with Crippen molar-refractivity contribution in [3.05, 3.63) is 103 Å². The Bertz CT molecular complexity index is 1430. The van der Waals surface area contributed by atoms with E-state index in [-0.39, 0.29) is 0 Å². The number of hydrogen-bond acceptors (Lipinski definition) is 2. The molecule has 5 aromatic rings. The van der Waals surface area contributed by atoms with E-state index in [1.807, 2.05) is 36.4 Å². The van der Waals surface area contributed by atoms with Crippen LogP contribution in [0.4, 0.5) is 0 Å². The number of fused-ring (bicyclic) bond motifs is 3. The lowest BCUT2D eigenvalue weighted by atomic mass is 10.1. The van der Waals surface area contributed by atoms with Crippen molar-refractivity contribution in [1.82, 2.24) is 14.5 Å². The summed E-state index contributed by atoms with van der Waals surface area (Å²) in [6.45, 7) is 10.1. The molecule has 0 fully saturated rings. The van der Waals surface area contributed by atoms with Gasteiger partial charge in [-0.05, 0) is 30.7 Å². The molecule has 0 spiro atoms. The maximum Gasteiger partial charge on any atom is 0.162 e. The molecule has 0 unspecified atom stereocenters. The van der Waals surface area contributed by atoms with E-state index in [2.05, 4.69) is 67.1 Å². The average molecular weight is 387 g/mol. The molecule has 0 bridgehead atoms. The highest BCUT2D eigenvalue weighted by molar-refractivity contribution is 6.09. The molecule has 2 aromatic heterocycles. The van der Waals surface area contributed by atoms with Gasteiger partial charge in [0.05, 0.1) is 16.7 Å². The molecular formula is C27H21N3. The number of aromatic nitrogens is 3. The lowest BCUT2D eigenvalue weighted by Crippen LogP contribution is -2.06. The summed E-state index contributed by atoms with van der Waals surface area (Å²) in [5.74, 6) is 1.48. The van der Waals surface area contributed by atoms with Crippen LogP contribution in [0.5, 0.6) is 0 Å². The maximum absolute atomic E-state index is 5.03. The van der Waals surface area contributed by atoms with Crippen LogP contribution < -0.4 is 0 Å². The first-order chi connectivity index (χ1) is 14.7. The van der Waals surface area contributed by atoms with Gasteiger partial charge < -0.3 is 0 Å². The van der Waals surface area contributed by atoms with Gasteiger partial charge in [-0.15, -0.1) is 0 Å². The summed E-state index contributed by atoms with van der Waals surface area (Å²) in [6.07, 6.45) is 3.59. The Kier molecular flexibility index (Phi) is 4.29. The van der Waals surface area contributed by atoms with Crippen LogP contribution in [0.1, 0.15) is 16.8 Å². The van der Waals surface area contributed by atoms with Gasteiger partial charge in [0, 0.05) is 21.9 Å². The van der Waals surface area contributed by atoms with Crippen molar-refractivity contribution in [2.75, 3.05) is 0 Å². The van der Waals surface area contributed by atoms with Crippen molar-refractivity contribution in [2.45, 2.75) is 6.92 Å². The standard InChI is InChI=1S/C27H21N3/c1-4-20-23(5-2)28-26(19-11-7-6-8-12-19)29-27(20)30-24-14-10-9-13-21(24)22-16-15-18(3)17-25(22)30/h4-17H,1-2H2,3H3. The SMILES string of the molecule is C=Cc1nc(-c2ccccc2)nc(-n2c3ccccc3c3ccc(C)cc32)c1C=C. The quantitative estimate of drug-likeness (QED) is 0.338. The second-order valence-corrected chi connectivity index (χ2v) is 7.32. The summed E-state index contributed by atoms with van der Waals surface area (Å²) in [4.78, 5) is 9.79. The third-order valence-corrected chi connectivity index (χ3v) is 5.43. The number of benzene rings is 3. The first-order valence-corrected chi connectivity index (χ1v) is 9.94. The fourth-order valence-electron chi connectivity index (χ4n) is 4.02. The van der Waals surface area contributed by atoms with E-state index < -0.39 is 0 Å². The summed E-state index contributed by atoms with van der Waals surface area (Å²) in [6, 6.07) is 25.0. The van der Waals surface area contributed by atoms with Crippen molar-refractivity contribution in [3.63, 3.8) is 0 Å². The van der Waals surface area contributed by atoms with Crippen molar-refractivity contribution >= 4 is 34.0 Å². The molecule has 0 aliphatic carbocycles. The molecular weight excluding hydrogens is 366 g/mol. The zero-order chi connectivity index (χ0) is 20.7. The van der Waals surface area contributed by atoms with E-state index in [1.165, 1.54) is 16.3 Å². The molecule has 0 radical (unpaired) electrons. The number of hydrogen-bond donors (Lipinski definition) is 0. The van der Waals surface area contributed by atoms with Gasteiger partial charge >= 0.3 is 0 Å². The predicted octanol–water partition coefficient (Wildman–Crippen LogP) is 6.84. The minimum absolute atomic E-state index is 0.671. The molecule has 2 heterocycles.